The lowest BCUT2D eigenvalue weighted by Crippen LogP contribution is -2.50. The van der Waals surface area contributed by atoms with Crippen molar-refractivity contribution >= 4 is 30.7 Å². The quantitative estimate of drug-likeness (QED) is 0.843. The van der Waals surface area contributed by atoms with E-state index in [0.717, 1.165) is 44.6 Å². The predicted molar refractivity (Wildman–Crippen MR) is 108 cm³/mol. The second-order valence-electron chi connectivity index (χ2n) is 8.15. The SMILES string of the molecule is Cc1nccn1CC1CCCN1C(=O)C1CC2CCCC(C1)C2N.Cl.Cl. The number of carbonyl (C=O) groups excluding carboxylic acids is 1. The summed E-state index contributed by atoms with van der Waals surface area (Å²) in [7, 11) is 0. The zero-order valence-corrected chi connectivity index (χ0v) is 17.2. The molecule has 26 heavy (non-hydrogen) atoms. The van der Waals surface area contributed by atoms with Crippen LogP contribution < -0.4 is 5.73 Å². The van der Waals surface area contributed by atoms with Gasteiger partial charge in [-0.05, 0) is 57.3 Å². The molecule has 2 bridgehead atoms. The average molecular weight is 403 g/mol. The van der Waals surface area contributed by atoms with E-state index < -0.39 is 0 Å². The van der Waals surface area contributed by atoms with Gasteiger partial charge < -0.3 is 15.2 Å². The molecule has 5 nitrogen and oxygen atoms in total. The Kier molecular flexibility index (Phi) is 7.40. The van der Waals surface area contributed by atoms with Crippen LogP contribution in [0.4, 0.5) is 0 Å². The summed E-state index contributed by atoms with van der Waals surface area (Å²) in [5.41, 5.74) is 6.40. The highest BCUT2D eigenvalue weighted by Gasteiger charge is 2.43. The lowest BCUT2D eigenvalue weighted by molar-refractivity contribution is -0.139. The summed E-state index contributed by atoms with van der Waals surface area (Å²) in [6, 6.07) is 0.673. The fourth-order valence-electron chi connectivity index (χ4n) is 5.36. The maximum absolute atomic E-state index is 13.2. The van der Waals surface area contributed by atoms with Crippen molar-refractivity contribution in [2.24, 2.45) is 23.5 Å². The van der Waals surface area contributed by atoms with Gasteiger partial charge in [0.1, 0.15) is 5.82 Å². The Labute approximate surface area is 168 Å². The number of rotatable bonds is 3. The number of aromatic nitrogens is 2. The molecule has 3 aliphatic rings. The summed E-state index contributed by atoms with van der Waals surface area (Å²) in [5.74, 6) is 2.79. The Bertz CT molecular complexity index is 594. The molecule has 0 radical (unpaired) electrons. The molecule has 1 aromatic heterocycles. The Balaban J connectivity index is 0.00000121. The molecule has 148 valence electrons. The van der Waals surface area contributed by atoms with Gasteiger partial charge in [0, 0.05) is 43.5 Å². The number of amides is 1. The van der Waals surface area contributed by atoms with E-state index in [0.29, 0.717) is 29.8 Å². The average Bonchev–Trinajstić information content (AvgIpc) is 3.16. The molecule has 2 aliphatic carbocycles. The van der Waals surface area contributed by atoms with Gasteiger partial charge in [-0.2, -0.15) is 0 Å². The van der Waals surface area contributed by atoms with Crippen LogP contribution in [0.5, 0.6) is 0 Å². The second-order valence-corrected chi connectivity index (χ2v) is 8.15. The maximum Gasteiger partial charge on any atom is 0.226 e. The first kappa shape index (κ1) is 21.5. The van der Waals surface area contributed by atoms with E-state index in [4.69, 9.17) is 5.73 Å². The van der Waals surface area contributed by atoms with E-state index in [9.17, 15) is 4.79 Å². The van der Waals surface area contributed by atoms with E-state index >= 15 is 0 Å². The molecule has 0 spiro atoms. The fraction of sp³-hybridized carbons (Fsp3) is 0.789. The molecule has 1 aromatic rings. The summed E-state index contributed by atoms with van der Waals surface area (Å²) >= 11 is 0. The van der Waals surface area contributed by atoms with Gasteiger partial charge in [0.2, 0.25) is 5.91 Å². The van der Waals surface area contributed by atoms with Crippen molar-refractivity contribution < 1.29 is 4.79 Å². The van der Waals surface area contributed by atoms with Crippen LogP contribution >= 0.6 is 24.8 Å². The Morgan fingerprint density at radius 2 is 1.88 bits per heavy atom. The number of carbonyl (C=O) groups is 1. The van der Waals surface area contributed by atoms with Crippen LogP contribution in [0.25, 0.3) is 0 Å². The van der Waals surface area contributed by atoms with Crippen molar-refractivity contribution in [1.29, 1.82) is 0 Å². The summed E-state index contributed by atoms with van der Waals surface area (Å²) in [5, 5.41) is 0. The molecule has 3 unspecified atom stereocenters. The number of hydrogen-bond donors (Lipinski definition) is 1. The van der Waals surface area contributed by atoms with Crippen LogP contribution in [0, 0.1) is 24.7 Å². The van der Waals surface area contributed by atoms with Gasteiger partial charge in [0.25, 0.3) is 0 Å². The molecule has 2 heterocycles. The van der Waals surface area contributed by atoms with E-state index in [-0.39, 0.29) is 30.7 Å². The molecule has 1 amide bonds. The topological polar surface area (TPSA) is 64.2 Å². The molecule has 4 rings (SSSR count). The summed E-state index contributed by atoms with van der Waals surface area (Å²) < 4.78 is 2.18. The number of halogens is 2. The molecule has 1 aliphatic heterocycles. The third kappa shape index (κ3) is 4.05. The molecular formula is C19H32Cl2N4O. The number of imidazole rings is 1. The number of nitrogens with zero attached hydrogens (tertiary/aromatic N) is 3. The van der Waals surface area contributed by atoms with Crippen LogP contribution in [0.15, 0.2) is 12.4 Å². The lowest BCUT2D eigenvalue weighted by Gasteiger charge is -2.44. The molecule has 3 atom stereocenters. The van der Waals surface area contributed by atoms with Crippen LogP contribution in [-0.4, -0.2) is 39.0 Å². The number of aryl methyl sites for hydroxylation is 1. The zero-order valence-electron chi connectivity index (χ0n) is 15.5. The molecule has 7 heteroatoms. The molecule has 2 N–H and O–H groups in total. The van der Waals surface area contributed by atoms with Crippen LogP contribution in [0.3, 0.4) is 0 Å². The van der Waals surface area contributed by atoms with Crippen molar-refractivity contribution in [3.63, 3.8) is 0 Å². The van der Waals surface area contributed by atoms with E-state index in [2.05, 4.69) is 14.5 Å². The second kappa shape index (κ2) is 8.94. The monoisotopic (exact) mass is 402 g/mol. The Hall–Kier alpha value is -0.780. The van der Waals surface area contributed by atoms with Gasteiger partial charge >= 0.3 is 0 Å². The largest absolute Gasteiger partial charge is 0.338 e. The van der Waals surface area contributed by atoms with E-state index in [1.165, 1.54) is 19.3 Å². The molecule has 0 aromatic carbocycles. The number of fused-ring (bicyclic) bond motifs is 2. The van der Waals surface area contributed by atoms with Crippen molar-refractivity contribution in [2.45, 2.75) is 70.5 Å². The highest BCUT2D eigenvalue weighted by Crippen LogP contribution is 2.43. The standard InChI is InChI=1S/C19H30N4O.2ClH/c1-13-21-7-9-22(13)12-17-6-3-8-23(17)19(24)16-10-14-4-2-5-15(11-16)18(14)20;;/h7,9,14-18H,2-6,8,10-12,20H2,1H3;2*1H. The highest BCUT2D eigenvalue weighted by molar-refractivity contribution is 5.85. The van der Waals surface area contributed by atoms with Crippen molar-refractivity contribution in [1.82, 2.24) is 14.5 Å². The van der Waals surface area contributed by atoms with Gasteiger partial charge in [0.05, 0.1) is 0 Å². The minimum absolute atomic E-state index is 0. The van der Waals surface area contributed by atoms with Crippen molar-refractivity contribution in [3.8, 4) is 0 Å². The minimum Gasteiger partial charge on any atom is -0.338 e. The van der Waals surface area contributed by atoms with E-state index in [1.807, 2.05) is 19.3 Å². The first-order chi connectivity index (χ1) is 11.6. The third-order valence-electron chi connectivity index (χ3n) is 6.75. The van der Waals surface area contributed by atoms with Crippen molar-refractivity contribution in [2.75, 3.05) is 6.54 Å². The summed E-state index contributed by atoms with van der Waals surface area (Å²) in [4.78, 5) is 19.7. The highest BCUT2D eigenvalue weighted by atomic mass is 35.5. The first-order valence-corrected chi connectivity index (χ1v) is 9.67. The fourth-order valence-corrected chi connectivity index (χ4v) is 5.36. The van der Waals surface area contributed by atoms with Gasteiger partial charge in [-0.1, -0.05) is 6.42 Å². The van der Waals surface area contributed by atoms with Gasteiger partial charge in [-0.15, -0.1) is 24.8 Å². The number of likely N-dealkylation sites (tertiary alicyclic amines) is 1. The molecule has 1 saturated heterocycles. The van der Waals surface area contributed by atoms with Crippen molar-refractivity contribution in [3.05, 3.63) is 18.2 Å². The van der Waals surface area contributed by atoms with Crippen LogP contribution in [0.2, 0.25) is 0 Å². The van der Waals surface area contributed by atoms with E-state index in [1.54, 1.807) is 0 Å². The van der Waals surface area contributed by atoms with Crippen LogP contribution in [-0.2, 0) is 11.3 Å². The molecule has 3 fully saturated rings. The van der Waals surface area contributed by atoms with Crippen LogP contribution in [0.1, 0.15) is 50.8 Å². The Morgan fingerprint density at radius 1 is 1.19 bits per heavy atom. The summed E-state index contributed by atoms with van der Waals surface area (Å²) in [6.45, 7) is 3.84. The summed E-state index contributed by atoms with van der Waals surface area (Å²) in [6.07, 6.45) is 11.9. The van der Waals surface area contributed by atoms with Gasteiger partial charge in [-0.25, -0.2) is 4.98 Å². The van der Waals surface area contributed by atoms with Gasteiger partial charge in [0.15, 0.2) is 0 Å². The number of hydrogen-bond acceptors (Lipinski definition) is 3. The normalized spacial score (nSPS) is 33.3. The zero-order chi connectivity index (χ0) is 16.7. The first-order valence-electron chi connectivity index (χ1n) is 9.67. The molecular weight excluding hydrogens is 371 g/mol. The smallest absolute Gasteiger partial charge is 0.226 e. The lowest BCUT2D eigenvalue weighted by atomic mass is 9.65. The minimum atomic E-state index is 0. The Morgan fingerprint density at radius 3 is 2.50 bits per heavy atom. The third-order valence-corrected chi connectivity index (χ3v) is 6.75. The van der Waals surface area contributed by atoms with Gasteiger partial charge in [-0.3, -0.25) is 4.79 Å². The maximum atomic E-state index is 13.2. The molecule has 2 saturated carbocycles. The predicted octanol–water partition coefficient (Wildman–Crippen LogP) is 3.18. The number of nitrogens with two attached hydrogens (primary N) is 1.